The molecular formula is C27H22P+. The summed E-state index contributed by atoms with van der Waals surface area (Å²) in [7, 11) is -1.79. The van der Waals surface area contributed by atoms with Gasteiger partial charge in [-0.15, -0.1) is 0 Å². The highest BCUT2D eigenvalue weighted by Gasteiger charge is 2.41. The molecule has 0 bridgehead atoms. The molecule has 0 amide bonds. The summed E-state index contributed by atoms with van der Waals surface area (Å²) in [6.07, 6.45) is 0. The Morgan fingerprint density at radius 3 is 1.54 bits per heavy atom. The van der Waals surface area contributed by atoms with Gasteiger partial charge in [0, 0.05) is 5.56 Å². The molecule has 4 rings (SSSR count). The Hall–Kier alpha value is -3.13. The van der Waals surface area contributed by atoms with E-state index in [1.54, 1.807) is 0 Å². The summed E-state index contributed by atoms with van der Waals surface area (Å²) < 4.78 is 0. The van der Waals surface area contributed by atoms with Crippen LogP contribution in [0, 0.1) is 11.8 Å². The summed E-state index contributed by atoms with van der Waals surface area (Å²) in [5.41, 5.74) is 2.15. The molecule has 0 radical (unpaired) electrons. The molecule has 0 aromatic heterocycles. The zero-order chi connectivity index (χ0) is 19.2. The quantitative estimate of drug-likeness (QED) is 0.348. The molecule has 134 valence electrons. The largest absolute Gasteiger partial charge is 0.120 e. The fraction of sp³-hybridized carbons (Fsp3) is 0.0370. The van der Waals surface area contributed by atoms with Crippen LogP contribution in [0.25, 0.3) is 0 Å². The summed E-state index contributed by atoms with van der Waals surface area (Å²) in [6, 6.07) is 40.5. The fourth-order valence-corrected chi connectivity index (χ4v) is 6.90. The normalized spacial score (nSPS) is 10.8. The van der Waals surface area contributed by atoms with Gasteiger partial charge in [-0.1, -0.05) is 78.6 Å². The topological polar surface area (TPSA) is 0 Å². The highest BCUT2D eigenvalue weighted by atomic mass is 31.2. The van der Waals surface area contributed by atoms with Crippen molar-refractivity contribution in [2.24, 2.45) is 0 Å². The zero-order valence-corrected chi connectivity index (χ0v) is 16.8. The number of hydrogen-bond acceptors (Lipinski definition) is 0. The summed E-state index contributed by atoms with van der Waals surface area (Å²) in [5.74, 6) is 6.80. The lowest BCUT2D eigenvalue weighted by Crippen LogP contribution is -2.31. The number of hydrogen-bond donors (Lipinski definition) is 0. The van der Waals surface area contributed by atoms with Crippen LogP contribution in [0.4, 0.5) is 0 Å². The maximum atomic E-state index is 3.45. The van der Waals surface area contributed by atoms with Crippen molar-refractivity contribution in [3.05, 3.63) is 126 Å². The van der Waals surface area contributed by atoms with Gasteiger partial charge in [0.05, 0.1) is 12.2 Å². The molecule has 0 unspecified atom stereocenters. The minimum absolute atomic E-state index is 1.04. The van der Waals surface area contributed by atoms with Crippen molar-refractivity contribution in [3.63, 3.8) is 0 Å². The minimum atomic E-state index is -1.79. The molecule has 0 saturated carbocycles. The molecule has 0 nitrogen and oxygen atoms in total. The van der Waals surface area contributed by atoms with Crippen LogP contribution in [0.1, 0.15) is 11.1 Å². The molecular weight excluding hydrogens is 355 g/mol. The molecule has 1 heteroatoms. The molecule has 4 aromatic carbocycles. The number of rotatable bonds is 3. The summed E-state index contributed by atoms with van der Waals surface area (Å²) in [5, 5.41) is 4.07. The molecule has 4 aromatic rings. The van der Waals surface area contributed by atoms with Crippen molar-refractivity contribution in [1.29, 1.82) is 0 Å². The van der Waals surface area contributed by atoms with Gasteiger partial charge in [-0.25, -0.2) is 0 Å². The summed E-state index contributed by atoms with van der Waals surface area (Å²) in [4.78, 5) is 0. The Kier molecular flexibility index (Phi) is 5.38. The van der Waals surface area contributed by atoms with Crippen molar-refractivity contribution in [1.82, 2.24) is 0 Å². The van der Waals surface area contributed by atoms with Crippen LogP contribution in [0.15, 0.2) is 115 Å². The Morgan fingerprint density at radius 2 is 0.964 bits per heavy atom. The second-order valence-electron chi connectivity index (χ2n) is 6.81. The van der Waals surface area contributed by atoms with E-state index in [4.69, 9.17) is 0 Å². The molecule has 28 heavy (non-hydrogen) atoms. The van der Waals surface area contributed by atoms with Gasteiger partial charge in [-0.2, -0.15) is 0 Å². The Bertz CT molecular complexity index is 1060. The van der Waals surface area contributed by atoms with Crippen molar-refractivity contribution < 1.29 is 0 Å². The van der Waals surface area contributed by atoms with Crippen molar-refractivity contribution in [3.8, 4) is 11.8 Å². The molecule has 0 aliphatic rings. The highest BCUT2D eigenvalue weighted by Crippen LogP contribution is 2.52. The van der Waals surface area contributed by atoms with Gasteiger partial charge in [-0.3, -0.25) is 0 Å². The van der Waals surface area contributed by atoms with Gasteiger partial charge in [-0.05, 0) is 48.5 Å². The summed E-state index contributed by atoms with van der Waals surface area (Å²) in [6.45, 7) is 2.40. The average molecular weight is 377 g/mol. The van der Waals surface area contributed by atoms with E-state index in [0.717, 1.165) is 11.1 Å². The van der Waals surface area contributed by atoms with Crippen LogP contribution in [-0.4, -0.2) is 6.66 Å². The Morgan fingerprint density at radius 1 is 0.500 bits per heavy atom. The lowest BCUT2D eigenvalue weighted by molar-refractivity contribution is 1.64. The predicted molar refractivity (Wildman–Crippen MR) is 123 cm³/mol. The maximum absolute atomic E-state index is 3.45. The van der Waals surface area contributed by atoms with Gasteiger partial charge in [0.1, 0.15) is 23.2 Å². The lowest BCUT2D eigenvalue weighted by atomic mass is 10.2. The van der Waals surface area contributed by atoms with E-state index >= 15 is 0 Å². The molecule has 0 saturated heterocycles. The van der Waals surface area contributed by atoms with Crippen LogP contribution >= 0.6 is 7.26 Å². The van der Waals surface area contributed by atoms with E-state index in [0.29, 0.717) is 0 Å². The number of benzene rings is 4. The molecule has 0 N–H and O–H groups in total. The van der Waals surface area contributed by atoms with Gasteiger partial charge < -0.3 is 0 Å². The van der Waals surface area contributed by atoms with Crippen LogP contribution < -0.4 is 15.9 Å². The van der Waals surface area contributed by atoms with E-state index < -0.39 is 7.26 Å². The first-order chi connectivity index (χ1) is 13.8. The first-order valence-electron chi connectivity index (χ1n) is 9.43. The first-order valence-corrected chi connectivity index (χ1v) is 11.7. The molecule has 0 atom stereocenters. The van der Waals surface area contributed by atoms with Crippen LogP contribution in [0.3, 0.4) is 0 Å². The van der Waals surface area contributed by atoms with Gasteiger partial charge in [0.2, 0.25) is 0 Å². The van der Waals surface area contributed by atoms with Crippen molar-refractivity contribution >= 4 is 23.2 Å². The van der Waals surface area contributed by atoms with E-state index in [1.807, 2.05) is 18.2 Å². The van der Waals surface area contributed by atoms with Crippen LogP contribution in [-0.2, 0) is 0 Å². The van der Waals surface area contributed by atoms with Gasteiger partial charge in [0.15, 0.2) is 0 Å². The maximum Gasteiger partial charge on any atom is 0.120 e. The highest BCUT2D eigenvalue weighted by molar-refractivity contribution is 7.95. The van der Waals surface area contributed by atoms with Gasteiger partial charge >= 0.3 is 0 Å². The molecule has 0 fully saturated rings. The van der Waals surface area contributed by atoms with E-state index in [1.165, 1.54) is 15.9 Å². The second-order valence-corrected chi connectivity index (χ2v) is 10.3. The SMILES string of the molecule is C[P+](c1ccccc1)(c1ccccc1)c1ccccc1C#Cc1ccccc1. The van der Waals surface area contributed by atoms with E-state index in [9.17, 15) is 0 Å². The standard InChI is InChI=1S/C27H22P/c1-28(25-16-7-3-8-17-25,26-18-9-4-10-19-26)27-20-12-11-15-24(27)22-21-23-13-5-2-6-14-23/h2-20H,1H3/q+1. The molecule has 0 aliphatic carbocycles. The van der Waals surface area contributed by atoms with Gasteiger partial charge in [0.25, 0.3) is 0 Å². The zero-order valence-electron chi connectivity index (χ0n) is 15.9. The Labute approximate surface area is 168 Å². The lowest BCUT2D eigenvalue weighted by Gasteiger charge is -2.24. The third-order valence-corrected chi connectivity index (χ3v) is 9.06. The molecule has 0 aliphatic heterocycles. The smallest absolute Gasteiger partial charge is 0.0622 e. The molecule has 0 heterocycles. The summed E-state index contributed by atoms with van der Waals surface area (Å²) >= 11 is 0. The first kappa shape index (κ1) is 18.2. The second kappa shape index (κ2) is 8.26. The van der Waals surface area contributed by atoms with Crippen LogP contribution in [0.5, 0.6) is 0 Å². The predicted octanol–water partition coefficient (Wildman–Crippen LogP) is 5.01. The third-order valence-electron chi connectivity index (χ3n) is 5.05. The molecule has 0 spiro atoms. The monoisotopic (exact) mass is 377 g/mol. The van der Waals surface area contributed by atoms with E-state index in [-0.39, 0.29) is 0 Å². The fourth-order valence-electron chi connectivity index (χ4n) is 3.51. The van der Waals surface area contributed by atoms with Crippen molar-refractivity contribution in [2.75, 3.05) is 6.66 Å². The van der Waals surface area contributed by atoms with Crippen LogP contribution in [0.2, 0.25) is 0 Å². The minimum Gasteiger partial charge on any atom is -0.0622 e. The third kappa shape index (κ3) is 3.63. The Balaban J connectivity index is 1.91. The average Bonchev–Trinajstić information content (AvgIpc) is 2.79. The van der Waals surface area contributed by atoms with E-state index in [2.05, 4.69) is 116 Å². The van der Waals surface area contributed by atoms with Crippen molar-refractivity contribution in [2.45, 2.75) is 0 Å².